The first-order chi connectivity index (χ1) is 15.1. The summed E-state index contributed by atoms with van der Waals surface area (Å²) in [5.74, 6) is 1.40. The zero-order valence-electron chi connectivity index (χ0n) is 16.2. The molecule has 0 spiro atoms. The number of nitrogen functional groups attached to an aromatic ring is 1. The highest BCUT2D eigenvalue weighted by molar-refractivity contribution is 6.30. The molecule has 2 aromatic heterocycles. The molecule has 0 bridgehead atoms. The summed E-state index contributed by atoms with van der Waals surface area (Å²) < 4.78 is 5.77. The highest BCUT2D eigenvalue weighted by atomic mass is 35.5. The second-order valence-corrected chi connectivity index (χ2v) is 6.98. The molecule has 0 aliphatic carbocycles. The van der Waals surface area contributed by atoms with E-state index in [1.807, 2.05) is 30.3 Å². The second kappa shape index (κ2) is 9.15. The van der Waals surface area contributed by atoms with Crippen LogP contribution in [0.1, 0.15) is 0 Å². The Morgan fingerprint density at radius 1 is 0.871 bits per heavy atom. The fourth-order valence-electron chi connectivity index (χ4n) is 2.83. The normalized spacial score (nSPS) is 10.4. The molecule has 4 rings (SSSR count). The van der Waals surface area contributed by atoms with Crippen LogP contribution in [0, 0.1) is 0 Å². The third kappa shape index (κ3) is 5.29. The molecule has 0 unspecified atom stereocenters. The molecule has 4 N–H and O–H groups in total. The number of nitrogens with two attached hydrogens (primary N) is 1. The third-order valence-corrected chi connectivity index (χ3v) is 4.51. The molecule has 0 saturated carbocycles. The number of hydrogen-bond acceptors (Lipinski definition) is 5. The van der Waals surface area contributed by atoms with E-state index >= 15 is 0 Å². The Morgan fingerprint density at radius 2 is 1.61 bits per heavy atom. The van der Waals surface area contributed by atoms with E-state index in [1.54, 1.807) is 42.5 Å². The first-order valence-electron chi connectivity index (χ1n) is 9.35. The number of urea groups is 1. The summed E-state index contributed by atoms with van der Waals surface area (Å²) in [6.07, 6.45) is 3.03. The third-order valence-electron chi connectivity index (χ3n) is 4.30. The van der Waals surface area contributed by atoms with Crippen LogP contribution < -0.4 is 21.1 Å². The number of amides is 2. The topological polar surface area (TPSA) is 102 Å². The lowest BCUT2D eigenvalue weighted by Crippen LogP contribution is -2.19. The van der Waals surface area contributed by atoms with Gasteiger partial charge in [0.2, 0.25) is 5.88 Å². The van der Waals surface area contributed by atoms with Crippen LogP contribution in [0.4, 0.5) is 22.0 Å². The molecular weight excluding hydrogens is 414 g/mol. The van der Waals surface area contributed by atoms with Crippen LogP contribution in [0.5, 0.6) is 11.6 Å². The van der Waals surface area contributed by atoms with E-state index in [1.165, 1.54) is 12.4 Å². The lowest BCUT2D eigenvalue weighted by atomic mass is 10.1. The summed E-state index contributed by atoms with van der Waals surface area (Å²) in [5, 5.41) is 5.97. The number of halogens is 1. The highest BCUT2D eigenvalue weighted by Gasteiger charge is 2.07. The number of para-hydroxylation sites is 1. The van der Waals surface area contributed by atoms with E-state index < -0.39 is 0 Å². The zero-order valence-corrected chi connectivity index (χ0v) is 17.0. The Kier molecular flexibility index (Phi) is 5.96. The van der Waals surface area contributed by atoms with Gasteiger partial charge in [0.1, 0.15) is 11.6 Å². The summed E-state index contributed by atoms with van der Waals surface area (Å²) in [4.78, 5) is 20.3. The molecular formula is C23H18ClN5O2. The summed E-state index contributed by atoms with van der Waals surface area (Å²) in [6, 6.07) is 21.3. The molecule has 154 valence electrons. The van der Waals surface area contributed by atoms with Crippen molar-refractivity contribution >= 4 is 34.8 Å². The van der Waals surface area contributed by atoms with Gasteiger partial charge in [0.15, 0.2) is 0 Å². The van der Waals surface area contributed by atoms with Gasteiger partial charge in [-0.25, -0.2) is 14.8 Å². The van der Waals surface area contributed by atoms with Crippen LogP contribution in [-0.2, 0) is 0 Å². The predicted molar refractivity (Wildman–Crippen MR) is 122 cm³/mol. The number of pyridine rings is 2. The first kappa shape index (κ1) is 20.2. The Hall–Kier alpha value is -4.10. The van der Waals surface area contributed by atoms with Crippen molar-refractivity contribution in [2.45, 2.75) is 0 Å². The van der Waals surface area contributed by atoms with Crippen LogP contribution in [-0.4, -0.2) is 16.0 Å². The van der Waals surface area contributed by atoms with Gasteiger partial charge in [-0.2, -0.15) is 0 Å². The van der Waals surface area contributed by atoms with Gasteiger partial charge in [-0.3, -0.25) is 0 Å². The monoisotopic (exact) mass is 431 g/mol. The largest absolute Gasteiger partial charge is 0.439 e. The van der Waals surface area contributed by atoms with Crippen LogP contribution in [0.15, 0.2) is 85.2 Å². The van der Waals surface area contributed by atoms with Gasteiger partial charge < -0.3 is 21.1 Å². The van der Waals surface area contributed by atoms with Crippen LogP contribution in [0.25, 0.3) is 11.1 Å². The molecule has 0 fully saturated rings. The summed E-state index contributed by atoms with van der Waals surface area (Å²) in [7, 11) is 0. The minimum atomic E-state index is -0.355. The standard InChI is InChI=1S/C23H18ClN5O2/c24-16-12-20(22(25)27-13-16)15-6-9-19(10-7-15)31-21-11-8-18(14-26-21)29-23(30)28-17-4-2-1-3-5-17/h1-14H,(H2,25,27)(H2,28,29,30). The average Bonchev–Trinajstić information content (AvgIpc) is 2.78. The van der Waals surface area contributed by atoms with Gasteiger partial charge in [-0.15, -0.1) is 0 Å². The van der Waals surface area contributed by atoms with Crippen molar-refractivity contribution < 1.29 is 9.53 Å². The Morgan fingerprint density at radius 3 is 2.32 bits per heavy atom. The maximum atomic E-state index is 12.0. The van der Waals surface area contributed by atoms with Gasteiger partial charge in [0.25, 0.3) is 0 Å². The number of nitrogens with one attached hydrogen (secondary N) is 2. The van der Waals surface area contributed by atoms with Crippen molar-refractivity contribution in [2.75, 3.05) is 16.4 Å². The smallest absolute Gasteiger partial charge is 0.323 e. The number of rotatable bonds is 5. The van der Waals surface area contributed by atoms with Crippen LogP contribution in [0.2, 0.25) is 5.02 Å². The molecule has 31 heavy (non-hydrogen) atoms. The second-order valence-electron chi connectivity index (χ2n) is 6.54. The average molecular weight is 432 g/mol. The van der Waals surface area contributed by atoms with Gasteiger partial charge in [-0.1, -0.05) is 41.9 Å². The molecule has 0 atom stereocenters. The molecule has 0 aliphatic heterocycles. The molecule has 8 heteroatoms. The minimum absolute atomic E-state index is 0.355. The van der Waals surface area contributed by atoms with Crippen molar-refractivity contribution in [1.29, 1.82) is 0 Å². The first-order valence-corrected chi connectivity index (χ1v) is 9.73. The fraction of sp³-hybridized carbons (Fsp3) is 0. The molecule has 4 aromatic rings. The number of carbonyl (C=O) groups excluding carboxylic acids is 1. The van der Waals surface area contributed by atoms with E-state index in [4.69, 9.17) is 22.1 Å². The fourth-order valence-corrected chi connectivity index (χ4v) is 2.99. The van der Waals surface area contributed by atoms with E-state index in [2.05, 4.69) is 20.6 Å². The molecule has 2 aromatic carbocycles. The number of benzene rings is 2. The quantitative estimate of drug-likeness (QED) is 0.369. The van der Waals surface area contributed by atoms with E-state index in [0.29, 0.717) is 33.8 Å². The van der Waals surface area contributed by atoms with Gasteiger partial charge in [0, 0.05) is 23.5 Å². The highest BCUT2D eigenvalue weighted by Crippen LogP contribution is 2.29. The van der Waals surface area contributed by atoms with E-state index in [-0.39, 0.29) is 6.03 Å². The Balaban J connectivity index is 1.37. The van der Waals surface area contributed by atoms with Gasteiger partial charge in [-0.05, 0) is 42.0 Å². The summed E-state index contributed by atoms with van der Waals surface area (Å²) in [6.45, 7) is 0. The molecule has 2 heterocycles. The number of nitrogens with zero attached hydrogens (tertiary/aromatic N) is 2. The lowest BCUT2D eigenvalue weighted by molar-refractivity contribution is 0.262. The zero-order chi connectivity index (χ0) is 21.6. The molecule has 0 aliphatic rings. The maximum Gasteiger partial charge on any atom is 0.323 e. The van der Waals surface area contributed by atoms with Crippen LogP contribution in [0.3, 0.4) is 0 Å². The molecule has 2 amide bonds. The maximum absolute atomic E-state index is 12.0. The Bertz CT molecular complexity index is 1180. The SMILES string of the molecule is Nc1ncc(Cl)cc1-c1ccc(Oc2ccc(NC(=O)Nc3ccccc3)cn2)cc1. The van der Waals surface area contributed by atoms with Gasteiger partial charge >= 0.3 is 6.03 Å². The minimum Gasteiger partial charge on any atom is -0.439 e. The molecule has 0 saturated heterocycles. The van der Waals surface area contributed by atoms with Gasteiger partial charge in [0.05, 0.1) is 16.9 Å². The van der Waals surface area contributed by atoms with Crippen molar-refractivity contribution in [1.82, 2.24) is 9.97 Å². The number of aromatic nitrogens is 2. The van der Waals surface area contributed by atoms with Crippen LogP contribution >= 0.6 is 11.6 Å². The van der Waals surface area contributed by atoms with Crippen molar-refractivity contribution in [3.8, 4) is 22.8 Å². The lowest BCUT2D eigenvalue weighted by Gasteiger charge is -2.09. The molecule has 0 radical (unpaired) electrons. The number of carbonyl (C=O) groups is 1. The predicted octanol–water partition coefficient (Wildman–Crippen LogP) is 5.82. The van der Waals surface area contributed by atoms with Crippen molar-refractivity contribution in [3.63, 3.8) is 0 Å². The van der Waals surface area contributed by atoms with Crippen molar-refractivity contribution in [3.05, 3.63) is 90.2 Å². The number of hydrogen-bond donors (Lipinski definition) is 3. The van der Waals surface area contributed by atoms with Crippen molar-refractivity contribution in [2.24, 2.45) is 0 Å². The Labute approximate surface area is 183 Å². The number of ether oxygens (including phenoxy) is 1. The number of anilines is 3. The summed E-state index contributed by atoms with van der Waals surface area (Å²) >= 11 is 6.01. The van der Waals surface area contributed by atoms with E-state index in [0.717, 1.165) is 11.1 Å². The van der Waals surface area contributed by atoms with E-state index in [9.17, 15) is 4.79 Å². The molecule has 7 nitrogen and oxygen atoms in total. The summed E-state index contributed by atoms with van der Waals surface area (Å²) in [5.41, 5.74) is 8.79.